The van der Waals surface area contributed by atoms with E-state index in [1.807, 2.05) is 12.1 Å². The summed E-state index contributed by atoms with van der Waals surface area (Å²) in [5, 5.41) is 3.12. The van der Waals surface area contributed by atoms with Crippen molar-refractivity contribution in [2.24, 2.45) is 11.7 Å². The molecule has 128 valence electrons. The summed E-state index contributed by atoms with van der Waals surface area (Å²) in [4.78, 5) is 12.5. The van der Waals surface area contributed by atoms with Gasteiger partial charge in [0.2, 0.25) is 5.91 Å². The Labute approximate surface area is 143 Å². The average molecular weight is 341 g/mol. The SMILES string of the molecule is COc1cccc2c1CCC2NC(=O)C(N)C1CCOCC1.Cl. The van der Waals surface area contributed by atoms with Gasteiger partial charge in [0, 0.05) is 13.2 Å². The second-order valence-corrected chi connectivity index (χ2v) is 6.10. The lowest BCUT2D eigenvalue weighted by Crippen LogP contribution is -2.47. The molecule has 0 aromatic heterocycles. The maximum atomic E-state index is 12.5. The third kappa shape index (κ3) is 3.79. The second-order valence-electron chi connectivity index (χ2n) is 6.10. The summed E-state index contributed by atoms with van der Waals surface area (Å²) < 4.78 is 10.7. The zero-order valence-electron chi connectivity index (χ0n) is 13.4. The summed E-state index contributed by atoms with van der Waals surface area (Å²) in [6.45, 7) is 1.41. The fourth-order valence-corrected chi connectivity index (χ4v) is 3.52. The van der Waals surface area contributed by atoms with Gasteiger partial charge in [-0.25, -0.2) is 0 Å². The van der Waals surface area contributed by atoms with Gasteiger partial charge in [-0.05, 0) is 48.8 Å². The van der Waals surface area contributed by atoms with Gasteiger partial charge >= 0.3 is 0 Å². The molecule has 2 unspecified atom stereocenters. The van der Waals surface area contributed by atoms with Gasteiger partial charge in [-0.2, -0.15) is 0 Å². The van der Waals surface area contributed by atoms with Crippen LogP contribution in [0.3, 0.4) is 0 Å². The van der Waals surface area contributed by atoms with Crippen molar-refractivity contribution in [3.8, 4) is 5.75 Å². The Kier molecular flexibility index (Phi) is 6.27. The molecule has 0 bridgehead atoms. The molecule has 1 saturated heterocycles. The number of hydrogen-bond donors (Lipinski definition) is 2. The molecule has 1 aromatic rings. The zero-order valence-corrected chi connectivity index (χ0v) is 14.2. The van der Waals surface area contributed by atoms with E-state index in [4.69, 9.17) is 15.2 Å². The molecule has 0 saturated carbocycles. The van der Waals surface area contributed by atoms with Crippen LogP contribution >= 0.6 is 12.4 Å². The van der Waals surface area contributed by atoms with E-state index in [-0.39, 0.29) is 30.3 Å². The van der Waals surface area contributed by atoms with Crippen molar-refractivity contribution >= 4 is 18.3 Å². The van der Waals surface area contributed by atoms with Gasteiger partial charge in [-0.1, -0.05) is 12.1 Å². The number of carbonyl (C=O) groups excluding carboxylic acids is 1. The first kappa shape index (κ1) is 18.0. The van der Waals surface area contributed by atoms with Crippen LogP contribution in [0.25, 0.3) is 0 Å². The number of carbonyl (C=O) groups is 1. The van der Waals surface area contributed by atoms with Crippen molar-refractivity contribution in [1.29, 1.82) is 0 Å². The Morgan fingerprint density at radius 2 is 2.09 bits per heavy atom. The van der Waals surface area contributed by atoms with Gasteiger partial charge in [0.1, 0.15) is 5.75 Å². The molecule has 3 N–H and O–H groups in total. The fraction of sp³-hybridized carbons (Fsp3) is 0.588. The van der Waals surface area contributed by atoms with Crippen molar-refractivity contribution in [1.82, 2.24) is 5.32 Å². The molecule has 23 heavy (non-hydrogen) atoms. The van der Waals surface area contributed by atoms with Crippen LogP contribution in [0.2, 0.25) is 0 Å². The van der Waals surface area contributed by atoms with Crippen molar-refractivity contribution in [3.05, 3.63) is 29.3 Å². The number of nitrogens with one attached hydrogen (secondary N) is 1. The van der Waals surface area contributed by atoms with E-state index in [1.165, 1.54) is 5.56 Å². The van der Waals surface area contributed by atoms with Gasteiger partial charge in [0.25, 0.3) is 0 Å². The van der Waals surface area contributed by atoms with Crippen LogP contribution in [0.5, 0.6) is 5.75 Å². The van der Waals surface area contributed by atoms with Crippen LogP contribution in [-0.2, 0) is 16.0 Å². The lowest BCUT2D eigenvalue weighted by Gasteiger charge is -2.28. The molecule has 5 nitrogen and oxygen atoms in total. The highest BCUT2D eigenvalue weighted by Gasteiger charge is 2.31. The molecule has 1 aromatic carbocycles. The number of rotatable bonds is 4. The fourth-order valence-electron chi connectivity index (χ4n) is 3.52. The molecule has 2 atom stereocenters. The molecule has 6 heteroatoms. The number of methoxy groups -OCH3 is 1. The maximum absolute atomic E-state index is 12.5. The Morgan fingerprint density at radius 1 is 1.35 bits per heavy atom. The summed E-state index contributed by atoms with van der Waals surface area (Å²) in [5.41, 5.74) is 8.52. The normalized spacial score (nSPS) is 21.9. The average Bonchev–Trinajstić information content (AvgIpc) is 2.98. The molecule has 1 heterocycles. The molecule has 2 aliphatic rings. The van der Waals surface area contributed by atoms with Gasteiger partial charge < -0.3 is 20.5 Å². The number of nitrogens with two attached hydrogens (primary N) is 1. The smallest absolute Gasteiger partial charge is 0.237 e. The minimum absolute atomic E-state index is 0. The molecule has 1 aliphatic heterocycles. The quantitative estimate of drug-likeness (QED) is 0.879. The highest BCUT2D eigenvalue weighted by molar-refractivity contribution is 5.85. The second kappa shape index (κ2) is 7.99. The summed E-state index contributed by atoms with van der Waals surface area (Å²) >= 11 is 0. The first-order chi connectivity index (χ1) is 10.7. The van der Waals surface area contributed by atoms with E-state index in [0.29, 0.717) is 13.2 Å². The van der Waals surface area contributed by atoms with Gasteiger partial charge in [0.15, 0.2) is 0 Å². The van der Waals surface area contributed by atoms with E-state index in [1.54, 1.807) is 7.11 Å². The maximum Gasteiger partial charge on any atom is 0.237 e. The number of amides is 1. The molecule has 1 aliphatic carbocycles. The Hall–Kier alpha value is -1.30. The predicted molar refractivity (Wildman–Crippen MR) is 91.0 cm³/mol. The van der Waals surface area contributed by atoms with Crippen molar-refractivity contribution < 1.29 is 14.3 Å². The molecule has 3 rings (SSSR count). The third-order valence-electron chi connectivity index (χ3n) is 4.84. The van der Waals surface area contributed by atoms with Gasteiger partial charge in [-0.15, -0.1) is 12.4 Å². The Morgan fingerprint density at radius 3 is 2.78 bits per heavy atom. The van der Waals surface area contributed by atoms with E-state index in [9.17, 15) is 4.79 Å². The first-order valence-corrected chi connectivity index (χ1v) is 8.00. The number of hydrogen-bond acceptors (Lipinski definition) is 4. The van der Waals surface area contributed by atoms with Crippen molar-refractivity contribution in [2.75, 3.05) is 20.3 Å². The lowest BCUT2D eigenvalue weighted by molar-refractivity contribution is -0.125. The molecule has 0 spiro atoms. The molecule has 0 radical (unpaired) electrons. The number of halogens is 1. The van der Waals surface area contributed by atoms with Crippen LogP contribution < -0.4 is 15.8 Å². The number of ether oxygens (including phenoxy) is 2. The van der Waals surface area contributed by atoms with E-state index in [0.717, 1.165) is 37.0 Å². The van der Waals surface area contributed by atoms with Crippen LogP contribution in [0.15, 0.2) is 18.2 Å². The Bertz CT molecular complexity index is 547. The Balaban J connectivity index is 0.00000192. The van der Waals surface area contributed by atoms with Crippen molar-refractivity contribution in [2.45, 2.75) is 37.8 Å². The van der Waals surface area contributed by atoms with Crippen LogP contribution in [0, 0.1) is 5.92 Å². The lowest BCUT2D eigenvalue weighted by atomic mass is 9.91. The van der Waals surface area contributed by atoms with Gasteiger partial charge in [0.05, 0.1) is 19.2 Å². The van der Waals surface area contributed by atoms with Gasteiger partial charge in [-0.3, -0.25) is 4.79 Å². The zero-order chi connectivity index (χ0) is 15.5. The predicted octanol–water partition coefficient (Wildman–Crippen LogP) is 1.97. The minimum Gasteiger partial charge on any atom is -0.496 e. The van der Waals surface area contributed by atoms with Crippen molar-refractivity contribution in [3.63, 3.8) is 0 Å². The monoisotopic (exact) mass is 340 g/mol. The topological polar surface area (TPSA) is 73.6 Å². The molecular weight excluding hydrogens is 316 g/mol. The van der Waals surface area contributed by atoms with Crippen LogP contribution in [0.4, 0.5) is 0 Å². The first-order valence-electron chi connectivity index (χ1n) is 8.00. The highest BCUT2D eigenvalue weighted by Crippen LogP contribution is 2.36. The largest absolute Gasteiger partial charge is 0.496 e. The summed E-state index contributed by atoms with van der Waals surface area (Å²) in [6, 6.07) is 5.61. The molecular formula is C17H25ClN2O3. The van der Waals surface area contributed by atoms with E-state index in [2.05, 4.69) is 11.4 Å². The minimum atomic E-state index is -0.446. The third-order valence-corrected chi connectivity index (χ3v) is 4.84. The summed E-state index contributed by atoms with van der Waals surface area (Å²) in [5.74, 6) is 1.08. The molecule has 1 amide bonds. The number of fused-ring (bicyclic) bond motifs is 1. The molecule has 1 fully saturated rings. The standard InChI is InChI=1S/C17H24N2O3.ClH/c1-21-15-4-2-3-12-13(15)5-6-14(12)19-17(20)16(18)11-7-9-22-10-8-11;/h2-4,11,14,16H,5-10,18H2,1H3,(H,19,20);1H. The highest BCUT2D eigenvalue weighted by atomic mass is 35.5. The summed E-state index contributed by atoms with van der Waals surface area (Å²) in [6.07, 6.45) is 3.56. The van der Waals surface area contributed by atoms with Crippen LogP contribution in [0.1, 0.15) is 36.4 Å². The summed E-state index contributed by atoms with van der Waals surface area (Å²) in [7, 11) is 1.68. The number of benzene rings is 1. The van der Waals surface area contributed by atoms with E-state index >= 15 is 0 Å². The van der Waals surface area contributed by atoms with Crippen LogP contribution in [-0.4, -0.2) is 32.3 Å². The van der Waals surface area contributed by atoms with E-state index < -0.39 is 6.04 Å².